The minimum Gasteiger partial charge on any atom is -0.478 e. The number of carbonyl (C=O) groups is 1. The van der Waals surface area contributed by atoms with Crippen molar-refractivity contribution in [1.82, 2.24) is 0 Å². The van der Waals surface area contributed by atoms with Gasteiger partial charge in [0.05, 0.1) is 6.61 Å². The summed E-state index contributed by atoms with van der Waals surface area (Å²) in [6, 6.07) is 9.31. The second kappa shape index (κ2) is 7.60. The smallest absolute Gasteiger partial charge is 0.328 e. The van der Waals surface area contributed by atoms with Crippen molar-refractivity contribution in [2.75, 3.05) is 6.61 Å². The van der Waals surface area contributed by atoms with Gasteiger partial charge in [-0.1, -0.05) is 30.3 Å². The summed E-state index contributed by atoms with van der Waals surface area (Å²) >= 11 is 0. The van der Waals surface area contributed by atoms with Crippen LogP contribution in [0.1, 0.15) is 19.4 Å². The van der Waals surface area contributed by atoms with Crippen LogP contribution in [0.4, 0.5) is 0 Å². The summed E-state index contributed by atoms with van der Waals surface area (Å²) in [7, 11) is 0. The number of nitrogens with two attached hydrogens (primary N) is 1. The summed E-state index contributed by atoms with van der Waals surface area (Å²) < 4.78 is 0. The van der Waals surface area contributed by atoms with Crippen molar-refractivity contribution in [3.8, 4) is 0 Å². The van der Waals surface area contributed by atoms with Gasteiger partial charge in [-0.15, -0.1) is 0 Å². The molecule has 0 amide bonds. The fourth-order valence-electron chi connectivity index (χ4n) is 0.732. The monoisotopic (exact) mass is 237 g/mol. The predicted molar refractivity (Wildman–Crippen MR) is 68.5 cm³/mol. The molecule has 0 atom stereocenters. The van der Waals surface area contributed by atoms with E-state index in [0.717, 1.165) is 11.6 Å². The molecule has 1 rings (SSSR count). The van der Waals surface area contributed by atoms with Gasteiger partial charge in [0.1, 0.15) is 0 Å². The normalized spacial score (nSPS) is 10.8. The quantitative estimate of drug-likeness (QED) is 0.696. The maximum atomic E-state index is 10.1. The van der Waals surface area contributed by atoms with Crippen LogP contribution in [-0.4, -0.2) is 28.3 Å². The maximum Gasteiger partial charge on any atom is 0.328 e. The standard InChI is InChI=1S/C9H8O2.C4H11NO/c10-9(11)7-6-8-4-2-1-3-5-8;1-4(2,5)3-6/h1-7H,(H,10,11);6H,3,5H2,1-2H3/b7-6+;. The Morgan fingerprint density at radius 2 is 1.82 bits per heavy atom. The first-order valence-electron chi connectivity index (χ1n) is 5.21. The highest BCUT2D eigenvalue weighted by Gasteiger charge is 2.05. The SMILES string of the molecule is CC(C)(N)CO.O=C(O)/C=C/c1ccccc1. The van der Waals surface area contributed by atoms with E-state index in [4.69, 9.17) is 15.9 Å². The molecular formula is C13H19NO3. The van der Waals surface area contributed by atoms with E-state index in [9.17, 15) is 4.79 Å². The molecule has 0 heterocycles. The lowest BCUT2D eigenvalue weighted by Gasteiger charge is -2.12. The van der Waals surface area contributed by atoms with Crippen molar-refractivity contribution >= 4 is 12.0 Å². The second-order valence-corrected chi connectivity index (χ2v) is 4.23. The molecule has 4 heteroatoms. The molecule has 0 radical (unpaired) electrons. The zero-order chi connectivity index (χ0) is 13.3. The molecular weight excluding hydrogens is 218 g/mol. The lowest BCUT2D eigenvalue weighted by atomic mass is 10.1. The second-order valence-electron chi connectivity index (χ2n) is 4.23. The van der Waals surface area contributed by atoms with Crippen molar-refractivity contribution in [3.05, 3.63) is 42.0 Å². The highest BCUT2D eigenvalue weighted by atomic mass is 16.4. The van der Waals surface area contributed by atoms with E-state index in [2.05, 4.69) is 0 Å². The first kappa shape index (κ1) is 15.4. The summed E-state index contributed by atoms with van der Waals surface area (Å²) in [6.45, 7) is 3.59. The van der Waals surface area contributed by atoms with Gasteiger partial charge in [-0.2, -0.15) is 0 Å². The molecule has 0 fully saturated rings. The minimum absolute atomic E-state index is 0.0486. The maximum absolute atomic E-state index is 10.1. The van der Waals surface area contributed by atoms with Crippen LogP contribution in [0.3, 0.4) is 0 Å². The van der Waals surface area contributed by atoms with Gasteiger partial charge in [-0.3, -0.25) is 0 Å². The number of aliphatic hydroxyl groups is 1. The van der Waals surface area contributed by atoms with Gasteiger partial charge in [0.2, 0.25) is 0 Å². The van der Waals surface area contributed by atoms with E-state index < -0.39 is 11.5 Å². The van der Waals surface area contributed by atoms with Gasteiger partial charge in [-0.05, 0) is 25.5 Å². The Balaban J connectivity index is 0.000000366. The van der Waals surface area contributed by atoms with E-state index in [1.807, 2.05) is 30.3 Å². The van der Waals surface area contributed by atoms with E-state index in [1.54, 1.807) is 19.9 Å². The molecule has 0 aliphatic carbocycles. The van der Waals surface area contributed by atoms with Crippen LogP contribution in [0.25, 0.3) is 6.08 Å². The lowest BCUT2D eigenvalue weighted by Crippen LogP contribution is -2.35. The largest absolute Gasteiger partial charge is 0.478 e. The minimum atomic E-state index is -0.922. The van der Waals surface area contributed by atoms with Gasteiger partial charge in [0.15, 0.2) is 0 Å². The number of hydrogen-bond acceptors (Lipinski definition) is 3. The third-order valence-electron chi connectivity index (χ3n) is 1.63. The third kappa shape index (κ3) is 10.6. The zero-order valence-electron chi connectivity index (χ0n) is 10.1. The van der Waals surface area contributed by atoms with Crippen LogP contribution >= 0.6 is 0 Å². The predicted octanol–water partition coefficient (Wildman–Crippen LogP) is 1.50. The molecule has 0 unspecified atom stereocenters. The molecule has 0 spiro atoms. The van der Waals surface area contributed by atoms with Crippen LogP contribution in [0, 0.1) is 0 Å². The lowest BCUT2D eigenvalue weighted by molar-refractivity contribution is -0.131. The van der Waals surface area contributed by atoms with Crippen LogP contribution in [0.2, 0.25) is 0 Å². The fourth-order valence-corrected chi connectivity index (χ4v) is 0.732. The molecule has 0 saturated heterocycles. The number of aliphatic hydroxyl groups excluding tert-OH is 1. The molecule has 0 saturated carbocycles. The zero-order valence-corrected chi connectivity index (χ0v) is 10.1. The Kier molecular flexibility index (Phi) is 6.86. The summed E-state index contributed by atoms with van der Waals surface area (Å²) in [6.07, 6.45) is 2.68. The molecule has 4 nitrogen and oxygen atoms in total. The molecule has 1 aromatic rings. The van der Waals surface area contributed by atoms with E-state index in [1.165, 1.54) is 0 Å². The van der Waals surface area contributed by atoms with E-state index in [0.29, 0.717) is 0 Å². The number of carboxylic acid groups (broad SMARTS) is 1. The van der Waals surface area contributed by atoms with E-state index in [-0.39, 0.29) is 6.61 Å². The van der Waals surface area contributed by atoms with Crippen LogP contribution < -0.4 is 5.73 Å². The van der Waals surface area contributed by atoms with Gasteiger partial charge in [-0.25, -0.2) is 4.79 Å². The number of rotatable bonds is 3. The van der Waals surface area contributed by atoms with Crippen LogP contribution in [0.15, 0.2) is 36.4 Å². The highest BCUT2D eigenvalue weighted by molar-refractivity contribution is 5.85. The summed E-state index contributed by atoms with van der Waals surface area (Å²) in [5.41, 5.74) is 5.78. The fraction of sp³-hybridized carbons (Fsp3) is 0.308. The summed E-state index contributed by atoms with van der Waals surface area (Å²) in [5, 5.41) is 16.6. The topological polar surface area (TPSA) is 83.5 Å². The van der Waals surface area contributed by atoms with Crippen molar-refractivity contribution in [1.29, 1.82) is 0 Å². The first-order chi connectivity index (χ1) is 7.85. The van der Waals surface area contributed by atoms with Crippen molar-refractivity contribution in [2.45, 2.75) is 19.4 Å². The Morgan fingerprint density at radius 1 is 1.35 bits per heavy atom. The molecule has 0 aromatic heterocycles. The summed E-state index contributed by atoms with van der Waals surface area (Å²) in [4.78, 5) is 10.1. The first-order valence-corrected chi connectivity index (χ1v) is 5.21. The van der Waals surface area contributed by atoms with Crippen molar-refractivity contribution in [2.24, 2.45) is 5.73 Å². The molecule has 17 heavy (non-hydrogen) atoms. The average Bonchev–Trinajstić information content (AvgIpc) is 2.28. The third-order valence-corrected chi connectivity index (χ3v) is 1.63. The summed E-state index contributed by atoms with van der Waals surface area (Å²) in [5.74, 6) is -0.922. The Labute approximate surface area is 101 Å². The Bertz CT molecular complexity index is 353. The molecule has 1 aromatic carbocycles. The molecule has 94 valence electrons. The molecule has 0 aliphatic heterocycles. The van der Waals surface area contributed by atoms with Gasteiger partial charge < -0.3 is 15.9 Å². The number of hydrogen-bond donors (Lipinski definition) is 3. The van der Waals surface area contributed by atoms with Crippen molar-refractivity contribution in [3.63, 3.8) is 0 Å². The molecule has 4 N–H and O–H groups in total. The Hall–Kier alpha value is -1.65. The number of benzene rings is 1. The number of carboxylic acids is 1. The number of aliphatic carboxylic acids is 1. The van der Waals surface area contributed by atoms with Gasteiger partial charge >= 0.3 is 5.97 Å². The van der Waals surface area contributed by atoms with Crippen molar-refractivity contribution < 1.29 is 15.0 Å². The molecule has 0 aliphatic rings. The Morgan fingerprint density at radius 3 is 2.18 bits per heavy atom. The molecule has 0 bridgehead atoms. The van der Waals surface area contributed by atoms with Gasteiger partial charge in [0, 0.05) is 11.6 Å². The van der Waals surface area contributed by atoms with Crippen LogP contribution in [0.5, 0.6) is 0 Å². The average molecular weight is 237 g/mol. The van der Waals surface area contributed by atoms with Crippen LogP contribution in [-0.2, 0) is 4.79 Å². The van der Waals surface area contributed by atoms with E-state index >= 15 is 0 Å². The van der Waals surface area contributed by atoms with Gasteiger partial charge in [0.25, 0.3) is 0 Å². The highest BCUT2D eigenvalue weighted by Crippen LogP contribution is 1.99.